The van der Waals surface area contributed by atoms with E-state index in [1.807, 2.05) is 91.4 Å². The standard InChI is InChI=1S/2C34H38N4O3SSi/c1-8-27-19-24(3)33-29(15-16-38(33)42(39,40)28-12-9-23(2)10-13-28)32(27)25(4)34-36-30-20-26(21-35)11-14-31(30)37(34)22-41-17-18-43(5,6)7;1-8-27-19-24(3)33-29(15-16-38(33)42(39,40)28-12-9-23(2)10-13-28)32(27)25(4)34-36-30-14-11-26(21-35)20-31(30)37(34)22-41-17-18-43(5,6)7/h2*9-16,19-20H,4,8,17-18,22H2,1-3,5-7H3. The molecule has 0 saturated heterocycles. The Morgan fingerprint density at radius 1 is 0.535 bits per heavy atom. The molecule has 4 aromatic heterocycles. The molecule has 0 N–H and O–H groups in total. The molecule has 0 aliphatic rings. The summed E-state index contributed by atoms with van der Waals surface area (Å²) >= 11 is 0. The lowest BCUT2D eigenvalue weighted by Crippen LogP contribution is -2.22. The van der Waals surface area contributed by atoms with Crippen LogP contribution in [-0.4, -0.2) is 73.2 Å². The molecule has 0 spiro atoms. The van der Waals surface area contributed by atoms with E-state index in [1.165, 1.54) is 7.94 Å². The van der Waals surface area contributed by atoms with Gasteiger partial charge in [-0.05, 0) is 159 Å². The molecule has 18 heteroatoms. The van der Waals surface area contributed by atoms with E-state index in [0.717, 1.165) is 96.8 Å². The van der Waals surface area contributed by atoms with E-state index < -0.39 is 36.2 Å². The Morgan fingerprint density at radius 3 is 1.36 bits per heavy atom. The van der Waals surface area contributed by atoms with Gasteiger partial charge in [0.1, 0.15) is 25.1 Å². The van der Waals surface area contributed by atoms with E-state index in [1.54, 1.807) is 54.9 Å². The monoisotopic (exact) mass is 1220 g/mol. The van der Waals surface area contributed by atoms with Gasteiger partial charge in [0, 0.05) is 63.7 Å². The third-order valence-electron chi connectivity index (χ3n) is 15.7. The van der Waals surface area contributed by atoms with Crippen molar-refractivity contribution in [2.24, 2.45) is 0 Å². The number of rotatable bonds is 20. The van der Waals surface area contributed by atoms with Crippen LogP contribution in [0.2, 0.25) is 51.4 Å². The number of aromatic nitrogens is 6. The number of imidazole rings is 2. The topological polar surface area (TPSA) is 180 Å². The van der Waals surface area contributed by atoms with Crippen LogP contribution in [0.4, 0.5) is 0 Å². The Labute approximate surface area is 508 Å². The summed E-state index contributed by atoms with van der Waals surface area (Å²) < 4.78 is 74.3. The molecule has 10 aromatic rings. The number of ether oxygens (including phenoxy) is 2. The summed E-state index contributed by atoms with van der Waals surface area (Å²) in [5.74, 6) is 1.26. The predicted octanol–water partition coefficient (Wildman–Crippen LogP) is 15.3. The second kappa shape index (κ2) is 24.8. The van der Waals surface area contributed by atoms with Crippen molar-refractivity contribution in [1.82, 2.24) is 27.0 Å². The molecule has 14 nitrogen and oxygen atoms in total. The Balaban J connectivity index is 0.000000205. The number of benzene rings is 6. The fourth-order valence-electron chi connectivity index (χ4n) is 10.9. The molecular formula is C68H76N8O6S2Si2. The first-order valence-electron chi connectivity index (χ1n) is 29.0. The number of fused-ring (bicyclic) bond motifs is 4. The molecule has 0 aliphatic heterocycles. The molecule has 0 bridgehead atoms. The van der Waals surface area contributed by atoms with Gasteiger partial charge in [0.2, 0.25) is 0 Å². The molecule has 6 aromatic carbocycles. The predicted molar refractivity (Wildman–Crippen MR) is 353 cm³/mol. The lowest BCUT2D eigenvalue weighted by atomic mass is 9.92. The molecule has 10 rings (SSSR count). The molecule has 4 heterocycles. The summed E-state index contributed by atoms with van der Waals surface area (Å²) in [5, 5.41) is 20.7. The van der Waals surface area contributed by atoms with Gasteiger partial charge in [-0.3, -0.25) is 9.13 Å². The highest BCUT2D eigenvalue weighted by molar-refractivity contribution is 7.90. The van der Waals surface area contributed by atoms with Gasteiger partial charge < -0.3 is 9.47 Å². The maximum Gasteiger partial charge on any atom is 0.268 e. The molecule has 0 fully saturated rings. The van der Waals surface area contributed by atoms with E-state index in [9.17, 15) is 27.4 Å². The van der Waals surface area contributed by atoms with Crippen LogP contribution in [0, 0.1) is 50.4 Å². The molecule has 0 radical (unpaired) electrons. The first-order valence-corrected chi connectivity index (χ1v) is 39.3. The van der Waals surface area contributed by atoms with Crippen LogP contribution in [0.3, 0.4) is 0 Å². The molecular weight excluding hydrogens is 1150 g/mol. The third kappa shape index (κ3) is 12.6. The van der Waals surface area contributed by atoms with Crippen LogP contribution in [0.1, 0.15) is 81.1 Å². The fraction of sp³-hybridized carbons (Fsp3) is 0.294. The van der Waals surface area contributed by atoms with Gasteiger partial charge in [0.15, 0.2) is 0 Å². The largest absolute Gasteiger partial charge is 0.361 e. The average Bonchev–Trinajstić information content (AvgIpc) is 1.57. The molecule has 86 heavy (non-hydrogen) atoms. The van der Waals surface area contributed by atoms with Gasteiger partial charge in [0.25, 0.3) is 20.0 Å². The Hall–Kier alpha value is -7.95. The summed E-state index contributed by atoms with van der Waals surface area (Å²) in [7, 11) is -10.2. The first-order chi connectivity index (χ1) is 40.7. The number of aryl methyl sites for hydroxylation is 6. The zero-order valence-electron chi connectivity index (χ0n) is 51.5. The van der Waals surface area contributed by atoms with Crippen molar-refractivity contribution in [2.45, 2.75) is 129 Å². The number of hydrogen-bond donors (Lipinski definition) is 0. The highest BCUT2D eigenvalue weighted by Gasteiger charge is 2.28. The summed E-state index contributed by atoms with van der Waals surface area (Å²) in [4.78, 5) is 10.4. The van der Waals surface area contributed by atoms with Crippen LogP contribution < -0.4 is 0 Å². The van der Waals surface area contributed by atoms with Crippen LogP contribution in [0.5, 0.6) is 0 Å². The second-order valence-electron chi connectivity index (χ2n) is 24.6. The zero-order chi connectivity index (χ0) is 62.2. The van der Waals surface area contributed by atoms with Crippen molar-refractivity contribution in [2.75, 3.05) is 13.2 Å². The lowest BCUT2D eigenvalue weighted by Gasteiger charge is -2.18. The van der Waals surface area contributed by atoms with Crippen LogP contribution in [-0.2, 0) is 55.8 Å². The van der Waals surface area contributed by atoms with Crippen molar-refractivity contribution in [3.8, 4) is 12.1 Å². The highest BCUT2D eigenvalue weighted by Crippen LogP contribution is 2.40. The van der Waals surface area contributed by atoms with E-state index in [-0.39, 0.29) is 16.5 Å². The molecule has 444 valence electrons. The maximum absolute atomic E-state index is 13.8. The van der Waals surface area contributed by atoms with Gasteiger partial charge >= 0.3 is 0 Å². The number of nitrogens with zero attached hydrogens (tertiary/aromatic N) is 8. The minimum atomic E-state index is -3.83. The summed E-state index contributed by atoms with van der Waals surface area (Å²) in [5.41, 5.74) is 14.3. The van der Waals surface area contributed by atoms with E-state index in [4.69, 9.17) is 19.4 Å². The van der Waals surface area contributed by atoms with Crippen molar-refractivity contribution in [3.63, 3.8) is 0 Å². The lowest BCUT2D eigenvalue weighted by molar-refractivity contribution is 0.0892. The van der Waals surface area contributed by atoms with Crippen LogP contribution in [0.15, 0.2) is 145 Å². The second-order valence-corrected chi connectivity index (χ2v) is 39.4. The van der Waals surface area contributed by atoms with Gasteiger partial charge in [-0.25, -0.2) is 34.7 Å². The average molecular weight is 1220 g/mol. The van der Waals surface area contributed by atoms with Crippen molar-refractivity contribution in [3.05, 3.63) is 202 Å². The first kappa shape index (κ1) is 62.6. The Kier molecular flexibility index (Phi) is 18.0. The van der Waals surface area contributed by atoms with Crippen molar-refractivity contribution < 1.29 is 26.3 Å². The fourth-order valence-corrected chi connectivity index (χ4v) is 15.2. The normalized spacial score (nSPS) is 12.2. The summed E-state index contributed by atoms with van der Waals surface area (Å²) in [6.07, 6.45) is 4.72. The SMILES string of the molecule is C=C(c1c(CC)cc(C)c2c1ccn2S(=O)(=O)c1ccc(C)cc1)c1nc2cc(C#N)ccc2n1COCC[Si](C)(C)C.C=C(c1c(CC)cc(C)c2c1ccn2S(=O)(=O)c1ccc(C)cc1)c1nc2ccc(C#N)cc2n1COCC[Si](C)(C)C. The quantitative estimate of drug-likeness (QED) is 0.0526. The molecule has 0 aliphatic carbocycles. The van der Waals surface area contributed by atoms with Gasteiger partial charge in [-0.2, -0.15) is 10.5 Å². The Bertz CT molecular complexity index is 4420. The third-order valence-corrected chi connectivity index (χ3v) is 22.5. The van der Waals surface area contributed by atoms with Crippen molar-refractivity contribution >= 4 is 91.2 Å². The smallest absolute Gasteiger partial charge is 0.268 e. The molecule has 0 atom stereocenters. The van der Waals surface area contributed by atoms with Gasteiger partial charge in [0.05, 0.1) is 66.2 Å². The van der Waals surface area contributed by atoms with Gasteiger partial charge in [-0.15, -0.1) is 0 Å². The van der Waals surface area contributed by atoms with Crippen LogP contribution >= 0.6 is 0 Å². The minimum Gasteiger partial charge on any atom is -0.361 e. The maximum atomic E-state index is 13.8. The highest BCUT2D eigenvalue weighted by atomic mass is 32.2. The molecule has 0 saturated carbocycles. The summed E-state index contributed by atoms with van der Waals surface area (Å²) in [6.45, 7) is 36.7. The number of hydrogen-bond acceptors (Lipinski definition) is 10. The molecule has 0 unspecified atom stereocenters. The Morgan fingerprint density at radius 2 is 0.942 bits per heavy atom. The van der Waals surface area contributed by atoms with Crippen LogP contribution in [0.25, 0.3) is 55.0 Å². The van der Waals surface area contributed by atoms with E-state index in [0.29, 0.717) is 70.4 Å². The molecule has 0 amide bonds. The van der Waals surface area contributed by atoms with E-state index in [2.05, 4.69) is 90.6 Å². The zero-order valence-corrected chi connectivity index (χ0v) is 55.1. The minimum absolute atomic E-state index is 0.237. The van der Waals surface area contributed by atoms with Crippen molar-refractivity contribution in [1.29, 1.82) is 10.5 Å². The number of nitriles is 2. The van der Waals surface area contributed by atoms with Gasteiger partial charge in [-0.1, -0.05) is 114 Å². The summed E-state index contributed by atoms with van der Waals surface area (Å²) in [6, 6.07) is 39.0. The van der Waals surface area contributed by atoms with E-state index >= 15 is 0 Å².